The number of thioether (sulfide) groups is 1. The fourth-order valence-corrected chi connectivity index (χ4v) is 5.21. The van der Waals surface area contributed by atoms with Crippen LogP contribution >= 0.6 is 11.8 Å². The molecule has 12 heteroatoms. The minimum Gasteiger partial charge on any atom is -0.394 e. The molecule has 2 heterocycles. The number of pyridine rings is 1. The molecule has 4 unspecified atom stereocenters. The summed E-state index contributed by atoms with van der Waals surface area (Å²) < 4.78 is 46.8. The van der Waals surface area contributed by atoms with Gasteiger partial charge in [0.1, 0.15) is 23.7 Å². The average molecular weight is 514 g/mol. The summed E-state index contributed by atoms with van der Waals surface area (Å²) in [6.07, 6.45) is 2.11. The van der Waals surface area contributed by atoms with Crippen molar-refractivity contribution < 1.29 is 38.8 Å². The Morgan fingerprint density at radius 1 is 1.17 bits per heavy atom. The van der Waals surface area contributed by atoms with Crippen molar-refractivity contribution in [3.05, 3.63) is 59.2 Å². The lowest BCUT2D eigenvalue weighted by molar-refractivity contribution is -0.239. The lowest BCUT2D eigenvalue weighted by Crippen LogP contribution is -2.64. The number of hydrogen-bond donors (Lipinski definition) is 5. The fraction of sp³-hybridized carbons (Fsp3) is 0.522. The fourth-order valence-electron chi connectivity index (χ4n) is 4.11. The first-order valence-electron chi connectivity index (χ1n) is 11.2. The van der Waals surface area contributed by atoms with Gasteiger partial charge >= 0.3 is 0 Å². The summed E-state index contributed by atoms with van der Waals surface area (Å²) in [6.45, 7) is 0.798. The van der Waals surface area contributed by atoms with E-state index in [0.29, 0.717) is 5.92 Å². The molecular formula is C23H28F3N4O4S+. The van der Waals surface area contributed by atoms with Crippen LogP contribution in [0.15, 0.2) is 40.6 Å². The first-order chi connectivity index (χ1) is 16.7. The summed E-state index contributed by atoms with van der Waals surface area (Å²) in [5.41, 5.74) is 4.32. The molecule has 6 N–H and O–H groups in total. The maximum atomic E-state index is 13.8. The average Bonchev–Trinajstić information content (AvgIpc) is 3.69. The van der Waals surface area contributed by atoms with Gasteiger partial charge in [-0.2, -0.15) is 5.53 Å². The highest BCUT2D eigenvalue weighted by atomic mass is 32.2. The quantitative estimate of drug-likeness (QED) is 0.250. The molecule has 0 spiro atoms. The number of nitrogens with zero attached hydrogens (tertiary/aromatic N) is 2. The monoisotopic (exact) mass is 513 g/mol. The van der Waals surface area contributed by atoms with Crippen molar-refractivity contribution in [2.45, 2.75) is 65.9 Å². The van der Waals surface area contributed by atoms with E-state index in [1.165, 1.54) is 18.7 Å². The minimum absolute atomic E-state index is 0.0347. The Hall–Kier alpha value is -2.09. The van der Waals surface area contributed by atoms with Crippen LogP contribution in [0.3, 0.4) is 0 Å². The Labute approximate surface area is 204 Å². The van der Waals surface area contributed by atoms with E-state index < -0.39 is 59.4 Å². The third-order valence-electron chi connectivity index (χ3n) is 6.49. The van der Waals surface area contributed by atoms with Crippen LogP contribution in [0.25, 0.3) is 0 Å². The zero-order chi connectivity index (χ0) is 25.3. The summed E-state index contributed by atoms with van der Waals surface area (Å²) >= 11 is 1.21. The zero-order valence-electron chi connectivity index (χ0n) is 18.9. The number of halogens is 3. The van der Waals surface area contributed by atoms with Gasteiger partial charge in [0.25, 0.3) is 0 Å². The summed E-state index contributed by atoms with van der Waals surface area (Å²) in [7, 11) is 0. The summed E-state index contributed by atoms with van der Waals surface area (Å²) in [5, 5.41) is 38.2. The van der Waals surface area contributed by atoms with Crippen LogP contribution < -0.4 is 10.8 Å². The van der Waals surface area contributed by atoms with Gasteiger partial charge in [-0.15, -0.1) is 0 Å². The molecule has 6 atom stereocenters. The first-order valence-corrected chi connectivity index (χ1v) is 12.1. The number of nitrogens with two attached hydrogens (primary N) is 1. The molecule has 4 rings (SSSR count). The van der Waals surface area contributed by atoms with Crippen LogP contribution in [0.2, 0.25) is 0 Å². The van der Waals surface area contributed by atoms with Gasteiger partial charge in [-0.1, -0.05) is 11.8 Å². The molecule has 1 aromatic carbocycles. The van der Waals surface area contributed by atoms with Crippen LogP contribution in [0.4, 0.5) is 13.2 Å². The number of aliphatic hydroxyl groups excluding tert-OH is 3. The van der Waals surface area contributed by atoms with Crippen LogP contribution in [0.1, 0.15) is 36.8 Å². The molecule has 2 aliphatic rings. The number of hydrogen-bond acceptors (Lipinski definition) is 8. The second-order valence-corrected chi connectivity index (χ2v) is 10.3. The number of ether oxygens (including phenoxy) is 1. The van der Waals surface area contributed by atoms with E-state index >= 15 is 0 Å². The summed E-state index contributed by atoms with van der Waals surface area (Å²) in [4.78, 5) is 5.02. The predicted molar refractivity (Wildman–Crippen MR) is 120 cm³/mol. The highest BCUT2D eigenvalue weighted by molar-refractivity contribution is 7.99. The number of aromatic nitrogens is 1. The molecule has 2 fully saturated rings. The normalized spacial score (nSPS) is 28.5. The smallest absolute Gasteiger partial charge is 0.194 e. The Bertz CT molecular complexity index is 1060. The molecule has 1 saturated heterocycles. The Kier molecular flexibility index (Phi) is 7.79. The van der Waals surface area contributed by atoms with Gasteiger partial charge in [0.15, 0.2) is 23.0 Å². The maximum Gasteiger partial charge on any atom is 0.194 e. The number of benzene rings is 1. The molecule has 1 saturated carbocycles. The topological polar surface area (TPSA) is 133 Å². The summed E-state index contributed by atoms with van der Waals surface area (Å²) in [6, 6.07) is 2.56. The molecule has 8 nitrogen and oxygen atoms in total. The van der Waals surface area contributed by atoms with E-state index in [9.17, 15) is 28.5 Å². The van der Waals surface area contributed by atoms with Crippen molar-refractivity contribution in [2.24, 2.45) is 5.11 Å². The van der Waals surface area contributed by atoms with Crippen LogP contribution in [0.5, 0.6) is 0 Å². The number of rotatable bonds is 9. The molecule has 190 valence electrons. The van der Waals surface area contributed by atoms with Crippen molar-refractivity contribution in [1.82, 2.24) is 10.3 Å². The highest BCUT2D eigenvalue weighted by Gasteiger charge is 2.46. The maximum absolute atomic E-state index is 13.8. The standard InChI is InChI=1S/C23H27F3N4O4S/c1-23(30-27,13-5-15(24)18(26)16(25)6-13)10-29-19-20(32)17(9-31)34-22(21(19)33)35-14-4-12(7-28-8-14)11-2-3-11/h4-8,11,17,19-22,27,29,31-33H,2-3,9-10H2,1H3/p+1/t17?,19?,20-,21?,22+,23?/m0/s1. The van der Waals surface area contributed by atoms with E-state index in [0.717, 1.165) is 35.4 Å². The molecule has 1 aliphatic heterocycles. The second kappa shape index (κ2) is 10.5. The first kappa shape index (κ1) is 26.0. The molecule has 0 amide bonds. The summed E-state index contributed by atoms with van der Waals surface area (Å²) in [5.74, 6) is -3.90. The van der Waals surface area contributed by atoms with Gasteiger partial charge in [0.05, 0.1) is 12.6 Å². The SMILES string of the molecule is CC(CNC1C(O)[C@@H](Sc2cncc(C3CC3)c2)OC(CO)[C@@H]1O)(N=[NH2+])c1cc(F)c(F)c(F)c1. The second-order valence-electron chi connectivity index (χ2n) is 9.12. The number of aliphatic hydroxyl groups is 3. The van der Waals surface area contributed by atoms with Gasteiger partial charge in [0, 0.05) is 23.8 Å². The van der Waals surface area contributed by atoms with Crippen LogP contribution in [-0.4, -0.2) is 63.2 Å². The predicted octanol–water partition coefficient (Wildman–Crippen LogP) is 0.992. The molecule has 1 aliphatic carbocycles. The molecule has 0 radical (unpaired) electrons. The Balaban J connectivity index is 1.52. The van der Waals surface area contributed by atoms with Crippen molar-refractivity contribution >= 4 is 11.8 Å². The minimum atomic E-state index is -1.61. The van der Waals surface area contributed by atoms with Crippen LogP contribution in [0, 0.1) is 17.5 Å². The zero-order valence-corrected chi connectivity index (χ0v) is 19.8. The largest absolute Gasteiger partial charge is 0.394 e. The van der Waals surface area contributed by atoms with E-state index in [4.69, 9.17) is 10.3 Å². The van der Waals surface area contributed by atoms with E-state index in [1.54, 1.807) is 6.20 Å². The van der Waals surface area contributed by atoms with Gasteiger partial charge in [0.2, 0.25) is 0 Å². The lowest BCUT2D eigenvalue weighted by Gasteiger charge is -2.43. The van der Waals surface area contributed by atoms with E-state index in [-0.39, 0.29) is 12.1 Å². The molecule has 0 bridgehead atoms. The van der Waals surface area contributed by atoms with Gasteiger partial charge in [-0.05, 0) is 60.1 Å². The van der Waals surface area contributed by atoms with Crippen molar-refractivity contribution in [3.63, 3.8) is 0 Å². The van der Waals surface area contributed by atoms with E-state index in [1.807, 2.05) is 12.3 Å². The van der Waals surface area contributed by atoms with Crippen molar-refractivity contribution in [1.29, 1.82) is 0 Å². The Morgan fingerprint density at radius 3 is 2.46 bits per heavy atom. The molecule has 35 heavy (non-hydrogen) atoms. The van der Waals surface area contributed by atoms with Gasteiger partial charge in [-0.25, -0.2) is 13.2 Å². The van der Waals surface area contributed by atoms with Crippen molar-refractivity contribution in [3.8, 4) is 0 Å². The molecular weight excluding hydrogens is 485 g/mol. The molecule has 2 aromatic rings. The van der Waals surface area contributed by atoms with E-state index in [2.05, 4.69) is 15.4 Å². The van der Waals surface area contributed by atoms with Gasteiger partial charge < -0.3 is 25.4 Å². The van der Waals surface area contributed by atoms with Gasteiger partial charge in [-0.3, -0.25) is 4.98 Å². The highest BCUT2D eigenvalue weighted by Crippen LogP contribution is 2.41. The third kappa shape index (κ3) is 5.52. The third-order valence-corrected chi connectivity index (χ3v) is 7.61. The van der Waals surface area contributed by atoms with Crippen molar-refractivity contribution in [2.75, 3.05) is 13.2 Å². The number of nitrogens with one attached hydrogen (secondary N) is 1. The van der Waals surface area contributed by atoms with Crippen LogP contribution in [-0.2, 0) is 10.3 Å². The molecule has 1 aromatic heterocycles. The Morgan fingerprint density at radius 2 is 1.86 bits per heavy atom. The lowest BCUT2D eigenvalue weighted by atomic mass is 9.90.